The van der Waals surface area contributed by atoms with E-state index in [-0.39, 0.29) is 6.04 Å². The average molecular weight is 198 g/mol. The van der Waals surface area contributed by atoms with Crippen LogP contribution in [-0.2, 0) is 11.3 Å². The molecular weight excluding hydrogens is 186 g/mol. The molecule has 1 N–H and O–H groups in total. The summed E-state index contributed by atoms with van der Waals surface area (Å²) in [5.74, 6) is 0. The van der Waals surface area contributed by atoms with Crippen molar-refractivity contribution in [2.45, 2.75) is 12.6 Å². The van der Waals surface area contributed by atoms with Crippen molar-refractivity contribution in [3.8, 4) is 0 Å². The molecule has 1 aromatic carbocycles. The molecule has 0 saturated carbocycles. The normalized spacial score (nSPS) is 21.2. The highest BCUT2D eigenvalue weighted by Crippen LogP contribution is 2.29. The number of ether oxygens (including phenoxy) is 1. The van der Waals surface area contributed by atoms with Gasteiger partial charge < -0.3 is 10.1 Å². The maximum absolute atomic E-state index is 6.06. The summed E-state index contributed by atoms with van der Waals surface area (Å²) in [6.45, 7) is 1.36. The van der Waals surface area contributed by atoms with Crippen molar-refractivity contribution in [3.05, 3.63) is 34.3 Å². The Bertz CT molecular complexity index is 314. The number of hydrogen-bond donors (Lipinski definition) is 1. The maximum Gasteiger partial charge on any atom is 0.0735 e. The van der Waals surface area contributed by atoms with Crippen LogP contribution in [0.1, 0.15) is 17.2 Å². The Kier molecular flexibility index (Phi) is 2.54. The van der Waals surface area contributed by atoms with Crippen molar-refractivity contribution in [2.24, 2.45) is 0 Å². The third kappa shape index (κ3) is 1.57. The molecule has 0 bridgehead atoms. The van der Waals surface area contributed by atoms with Gasteiger partial charge in [0.2, 0.25) is 0 Å². The zero-order chi connectivity index (χ0) is 9.26. The molecule has 3 heteroatoms. The first-order chi connectivity index (χ1) is 6.33. The first-order valence-electron chi connectivity index (χ1n) is 4.35. The summed E-state index contributed by atoms with van der Waals surface area (Å²) in [6, 6.07) is 6.27. The first kappa shape index (κ1) is 9.00. The molecule has 1 atom stereocenters. The van der Waals surface area contributed by atoms with E-state index >= 15 is 0 Å². The molecule has 0 saturated heterocycles. The lowest BCUT2D eigenvalue weighted by molar-refractivity contribution is 0.0845. The molecule has 0 amide bonds. The van der Waals surface area contributed by atoms with Crippen molar-refractivity contribution in [3.63, 3.8) is 0 Å². The second-order valence-corrected chi connectivity index (χ2v) is 3.57. The van der Waals surface area contributed by atoms with Crippen LogP contribution in [0.3, 0.4) is 0 Å². The van der Waals surface area contributed by atoms with Crippen molar-refractivity contribution in [1.82, 2.24) is 5.32 Å². The fraction of sp³-hybridized carbons (Fsp3) is 0.400. The Morgan fingerprint density at radius 2 is 2.38 bits per heavy atom. The fourth-order valence-corrected chi connectivity index (χ4v) is 1.90. The van der Waals surface area contributed by atoms with Gasteiger partial charge in [-0.3, -0.25) is 0 Å². The molecule has 2 rings (SSSR count). The van der Waals surface area contributed by atoms with Crippen LogP contribution in [0.15, 0.2) is 18.2 Å². The molecule has 0 aromatic heterocycles. The van der Waals surface area contributed by atoms with Crippen LogP contribution >= 0.6 is 11.6 Å². The Hall–Kier alpha value is -0.570. The van der Waals surface area contributed by atoms with Gasteiger partial charge in [-0.1, -0.05) is 23.7 Å². The average Bonchev–Trinajstić information content (AvgIpc) is 2.18. The lowest BCUT2D eigenvalue weighted by Gasteiger charge is -2.25. The summed E-state index contributed by atoms with van der Waals surface area (Å²) in [6.07, 6.45) is 0. The van der Waals surface area contributed by atoms with Gasteiger partial charge in [0.1, 0.15) is 0 Å². The third-order valence-electron chi connectivity index (χ3n) is 2.41. The highest BCUT2D eigenvalue weighted by atomic mass is 35.5. The van der Waals surface area contributed by atoms with Crippen molar-refractivity contribution in [2.75, 3.05) is 13.7 Å². The van der Waals surface area contributed by atoms with E-state index in [1.165, 1.54) is 5.56 Å². The third-order valence-corrected chi connectivity index (χ3v) is 2.76. The van der Waals surface area contributed by atoms with Gasteiger partial charge in [-0.25, -0.2) is 0 Å². The summed E-state index contributed by atoms with van der Waals surface area (Å²) >= 11 is 6.06. The van der Waals surface area contributed by atoms with E-state index in [0.29, 0.717) is 6.61 Å². The van der Waals surface area contributed by atoms with Gasteiger partial charge in [-0.15, -0.1) is 0 Å². The second-order valence-electron chi connectivity index (χ2n) is 3.16. The smallest absolute Gasteiger partial charge is 0.0735 e. The molecule has 0 aliphatic carbocycles. The molecule has 0 fully saturated rings. The summed E-state index contributed by atoms with van der Waals surface area (Å²) in [4.78, 5) is 0. The largest absolute Gasteiger partial charge is 0.375 e. The van der Waals surface area contributed by atoms with Crippen LogP contribution in [0.25, 0.3) is 0 Å². The summed E-state index contributed by atoms with van der Waals surface area (Å²) in [7, 11) is 1.93. The van der Waals surface area contributed by atoms with Crippen LogP contribution in [-0.4, -0.2) is 13.7 Å². The minimum absolute atomic E-state index is 0.280. The molecule has 0 unspecified atom stereocenters. The highest BCUT2D eigenvalue weighted by molar-refractivity contribution is 6.31. The molecule has 0 spiro atoms. The highest BCUT2D eigenvalue weighted by Gasteiger charge is 2.20. The van der Waals surface area contributed by atoms with Gasteiger partial charge in [0.25, 0.3) is 0 Å². The van der Waals surface area contributed by atoms with E-state index in [1.54, 1.807) is 0 Å². The number of hydrogen-bond acceptors (Lipinski definition) is 2. The van der Waals surface area contributed by atoms with Crippen molar-refractivity contribution < 1.29 is 4.74 Å². The molecule has 13 heavy (non-hydrogen) atoms. The summed E-state index contributed by atoms with van der Waals surface area (Å²) < 4.78 is 5.43. The van der Waals surface area contributed by atoms with Crippen LogP contribution < -0.4 is 5.32 Å². The topological polar surface area (TPSA) is 21.3 Å². The fourth-order valence-electron chi connectivity index (χ4n) is 1.66. The van der Waals surface area contributed by atoms with Crippen LogP contribution in [0.5, 0.6) is 0 Å². The molecule has 1 aliphatic heterocycles. The van der Waals surface area contributed by atoms with Gasteiger partial charge >= 0.3 is 0 Å². The van der Waals surface area contributed by atoms with E-state index in [4.69, 9.17) is 16.3 Å². The number of halogens is 1. The van der Waals surface area contributed by atoms with Crippen molar-refractivity contribution >= 4 is 11.6 Å². The maximum atomic E-state index is 6.06. The molecule has 1 heterocycles. The standard InChI is InChI=1S/C10H12ClNO/c1-12-10-6-13-5-8-7(10)3-2-4-9(8)11/h2-4,10,12H,5-6H2,1H3/t10-/m0/s1. The summed E-state index contributed by atoms with van der Waals surface area (Å²) in [5, 5.41) is 4.01. The molecule has 1 aromatic rings. The zero-order valence-electron chi connectivity index (χ0n) is 7.51. The number of fused-ring (bicyclic) bond motifs is 1. The van der Waals surface area contributed by atoms with Gasteiger partial charge in [0, 0.05) is 10.6 Å². The number of nitrogens with one attached hydrogen (secondary N) is 1. The Morgan fingerprint density at radius 1 is 1.54 bits per heavy atom. The van der Waals surface area contributed by atoms with Crippen LogP contribution in [0.4, 0.5) is 0 Å². The number of benzene rings is 1. The lowest BCUT2D eigenvalue weighted by Crippen LogP contribution is -2.26. The second kappa shape index (κ2) is 3.66. The van der Waals surface area contributed by atoms with E-state index in [0.717, 1.165) is 17.2 Å². The Morgan fingerprint density at radius 3 is 3.15 bits per heavy atom. The zero-order valence-corrected chi connectivity index (χ0v) is 8.27. The molecule has 1 aliphatic rings. The Balaban J connectivity index is 2.45. The lowest BCUT2D eigenvalue weighted by atomic mass is 9.99. The minimum atomic E-state index is 0.280. The van der Waals surface area contributed by atoms with Crippen LogP contribution in [0, 0.1) is 0 Å². The van der Waals surface area contributed by atoms with Crippen molar-refractivity contribution in [1.29, 1.82) is 0 Å². The summed E-state index contributed by atoms with van der Waals surface area (Å²) in [5.41, 5.74) is 2.39. The van der Waals surface area contributed by atoms with Gasteiger partial charge in [-0.05, 0) is 18.7 Å². The van der Waals surface area contributed by atoms with E-state index < -0.39 is 0 Å². The quantitative estimate of drug-likeness (QED) is 0.745. The van der Waals surface area contributed by atoms with E-state index in [1.807, 2.05) is 19.2 Å². The van der Waals surface area contributed by atoms with Gasteiger partial charge in [0.05, 0.1) is 19.3 Å². The first-order valence-corrected chi connectivity index (χ1v) is 4.73. The SMILES string of the molecule is CN[C@H]1COCc2c(Cl)cccc21. The molecule has 2 nitrogen and oxygen atoms in total. The van der Waals surface area contributed by atoms with Crippen LogP contribution in [0.2, 0.25) is 5.02 Å². The molecular formula is C10H12ClNO. The number of rotatable bonds is 1. The minimum Gasteiger partial charge on any atom is -0.375 e. The monoisotopic (exact) mass is 197 g/mol. The predicted octanol–water partition coefficient (Wildman–Crippen LogP) is 2.13. The molecule has 70 valence electrons. The van der Waals surface area contributed by atoms with Gasteiger partial charge in [-0.2, -0.15) is 0 Å². The Labute approximate surface area is 82.9 Å². The molecule has 0 radical (unpaired) electrons. The predicted molar refractivity (Wildman–Crippen MR) is 52.9 cm³/mol. The van der Waals surface area contributed by atoms with E-state index in [2.05, 4.69) is 11.4 Å². The van der Waals surface area contributed by atoms with Gasteiger partial charge in [0.15, 0.2) is 0 Å². The van der Waals surface area contributed by atoms with E-state index in [9.17, 15) is 0 Å². The number of likely N-dealkylation sites (N-methyl/N-ethyl adjacent to an activating group) is 1.